The van der Waals surface area contributed by atoms with Crippen LogP contribution in [0.1, 0.15) is 6.42 Å². The van der Waals surface area contributed by atoms with E-state index in [-0.39, 0.29) is 0 Å². The molecule has 64 valence electrons. The molecule has 12 heavy (non-hydrogen) atoms. The minimum absolute atomic E-state index is 0.341. The fourth-order valence-electron chi connectivity index (χ4n) is 1.32. The minimum atomic E-state index is 0.341. The average molecular weight is 164 g/mol. The molecule has 2 rings (SSSR count). The normalized spacial score (nSPS) is 28.0. The van der Waals surface area contributed by atoms with E-state index in [2.05, 4.69) is 16.9 Å². The molecule has 0 radical (unpaired) electrons. The fourth-order valence-corrected chi connectivity index (χ4v) is 1.32. The van der Waals surface area contributed by atoms with E-state index in [4.69, 9.17) is 4.84 Å². The Labute approximate surface area is 71.7 Å². The van der Waals surface area contributed by atoms with Gasteiger partial charge in [0.15, 0.2) is 0 Å². The zero-order chi connectivity index (χ0) is 8.23. The van der Waals surface area contributed by atoms with Gasteiger partial charge in [0.05, 0.1) is 12.6 Å². The fraction of sp³-hybridized carbons (Fsp3) is 0.333. The highest BCUT2D eigenvalue weighted by atomic mass is 16.7. The van der Waals surface area contributed by atoms with E-state index in [0.29, 0.717) is 6.04 Å². The first-order valence-corrected chi connectivity index (χ1v) is 4.13. The molecular weight excluding hydrogens is 152 g/mol. The Hall–Kier alpha value is -1.06. The van der Waals surface area contributed by atoms with Gasteiger partial charge in [0.25, 0.3) is 0 Å². The zero-order valence-corrected chi connectivity index (χ0v) is 6.79. The Kier molecular flexibility index (Phi) is 2.25. The van der Waals surface area contributed by atoms with Crippen LogP contribution in [0.15, 0.2) is 36.2 Å². The van der Waals surface area contributed by atoms with Gasteiger partial charge in [0.2, 0.25) is 0 Å². The largest absolute Gasteiger partial charge is 0.367 e. The number of allylic oxidation sites excluding steroid dienone is 2. The van der Waals surface area contributed by atoms with Gasteiger partial charge in [-0.3, -0.25) is 0 Å². The summed E-state index contributed by atoms with van der Waals surface area (Å²) in [6.45, 7) is 0.795. The predicted octanol–water partition coefficient (Wildman–Crippen LogP) is 0.837. The molecule has 3 heteroatoms. The molecule has 1 saturated heterocycles. The van der Waals surface area contributed by atoms with E-state index in [1.165, 1.54) is 5.57 Å². The second kappa shape index (κ2) is 3.56. The molecule has 1 fully saturated rings. The second-order valence-electron chi connectivity index (χ2n) is 2.84. The van der Waals surface area contributed by atoms with Gasteiger partial charge < -0.3 is 10.2 Å². The van der Waals surface area contributed by atoms with Crippen molar-refractivity contribution in [1.29, 1.82) is 0 Å². The first kappa shape index (κ1) is 7.58. The molecule has 2 aliphatic heterocycles. The van der Waals surface area contributed by atoms with Gasteiger partial charge in [-0.25, -0.2) is 0 Å². The lowest BCUT2D eigenvalue weighted by atomic mass is 10.1. The van der Waals surface area contributed by atoms with Gasteiger partial charge in [-0.2, -0.15) is 5.48 Å². The van der Waals surface area contributed by atoms with Gasteiger partial charge >= 0.3 is 0 Å². The predicted molar refractivity (Wildman–Crippen MR) is 47.0 cm³/mol. The van der Waals surface area contributed by atoms with Gasteiger partial charge in [-0.05, 0) is 18.1 Å². The standard InChI is InChI=1S/C9H12N2O/c1-2-5-10-7-8(3-1)9-4-6-12-11-9/h1-3,5,7,9-11H,4,6H2. The summed E-state index contributed by atoms with van der Waals surface area (Å²) in [5, 5.41) is 3.07. The summed E-state index contributed by atoms with van der Waals surface area (Å²) in [4.78, 5) is 5.08. The summed E-state index contributed by atoms with van der Waals surface area (Å²) in [6, 6.07) is 0.341. The first-order chi connectivity index (χ1) is 5.97. The van der Waals surface area contributed by atoms with Crippen LogP contribution >= 0.6 is 0 Å². The topological polar surface area (TPSA) is 33.3 Å². The van der Waals surface area contributed by atoms with E-state index in [0.717, 1.165) is 13.0 Å². The van der Waals surface area contributed by atoms with Crippen molar-refractivity contribution in [2.75, 3.05) is 6.61 Å². The lowest BCUT2D eigenvalue weighted by Crippen LogP contribution is -2.22. The molecule has 0 bridgehead atoms. The summed E-state index contributed by atoms with van der Waals surface area (Å²) in [5.41, 5.74) is 4.20. The van der Waals surface area contributed by atoms with Crippen molar-refractivity contribution < 1.29 is 4.84 Å². The number of rotatable bonds is 1. The third kappa shape index (κ3) is 1.57. The molecule has 0 saturated carbocycles. The Balaban J connectivity index is 2.06. The first-order valence-electron chi connectivity index (χ1n) is 4.13. The summed E-state index contributed by atoms with van der Waals surface area (Å²) in [5.74, 6) is 0. The second-order valence-corrected chi connectivity index (χ2v) is 2.84. The van der Waals surface area contributed by atoms with Crippen LogP contribution < -0.4 is 10.8 Å². The summed E-state index contributed by atoms with van der Waals surface area (Å²) < 4.78 is 0. The number of hydrogen-bond acceptors (Lipinski definition) is 3. The van der Waals surface area contributed by atoms with Crippen LogP contribution in [0.2, 0.25) is 0 Å². The molecule has 1 unspecified atom stereocenters. The van der Waals surface area contributed by atoms with Gasteiger partial charge in [0, 0.05) is 12.4 Å². The molecule has 0 aliphatic carbocycles. The summed E-state index contributed by atoms with van der Waals surface area (Å²) in [7, 11) is 0. The number of hydroxylamine groups is 1. The molecule has 0 aromatic rings. The van der Waals surface area contributed by atoms with Gasteiger partial charge in [0.1, 0.15) is 0 Å². The highest BCUT2D eigenvalue weighted by Gasteiger charge is 2.17. The molecule has 1 atom stereocenters. The Morgan fingerprint density at radius 3 is 3.25 bits per heavy atom. The third-order valence-corrected chi connectivity index (χ3v) is 1.98. The van der Waals surface area contributed by atoms with E-state index < -0.39 is 0 Å². The van der Waals surface area contributed by atoms with Crippen LogP contribution in [0.4, 0.5) is 0 Å². The van der Waals surface area contributed by atoms with Crippen molar-refractivity contribution in [2.45, 2.75) is 12.5 Å². The van der Waals surface area contributed by atoms with Crippen molar-refractivity contribution in [2.24, 2.45) is 0 Å². The minimum Gasteiger partial charge on any atom is -0.367 e. The maximum absolute atomic E-state index is 5.08. The lowest BCUT2D eigenvalue weighted by molar-refractivity contribution is 0.0933. The lowest BCUT2D eigenvalue weighted by Gasteiger charge is -2.08. The molecule has 0 amide bonds. The molecule has 2 aliphatic rings. The maximum Gasteiger partial charge on any atom is 0.0701 e. The van der Waals surface area contributed by atoms with Crippen molar-refractivity contribution in [3.05, 3.63) is 36.2 Å². The van der Waals surface area contributed by atoms with E-state index in [1.807, 2.05) is 24.6 Å². The van der Waals surface area contributed by atoms with Crippen LogP contribution in [0.3, 0.4) is 0 Å². The van der Waals surface area contributed by atoms with Gasteiger partial charge in [-0.1, -0.05) is 12.2 Å². The van der Waals surface area contributed by atoms with Crippen molar-refractivity contribution >= 4 is 0 Å². The van der Waals surface area contributed by atoms with E-state index in [1.54, 1.807) is 0 Å². The van der Waals surface area contributed by atoms with Crippen LogP contribution in [0, 0.1) is 0 Å². The smallest absolute Gasteiger partial charge is 0.0701 e. The van der Waals surface area contributed by atoms with Crippen molar-refractivity contribution in [3.8, 4) is 0 Å². The molecule has 0 spiro atoms. The van der Waals surface area contributed by atoms with Crippen LogP contribution in [0.5, 0.6) is 0 Å². The summed E-state index contributed by atoms with van der Waals surface area (Å²) >= 11 is 0. The molecule has 2 heterocycles. The molecule has 0 aromatic heterocycles. The molecular formula is C9H12N2O. The number of hydrogen-bond donors (Lipinski definition) is 2. The van der Waals surface area contributed by atoms with Crippen LogP contribution in [-0.4, -0.2) is 12.6 Å². The molecule has 3 nitrogen and oxygen atoms in total. The maximum atomic E-state index is 5.08. The van der Waals surface area contributed by atoms with E-state index >= 15 is 0 Å². The monoisotopic (exact) mass is 164 g/mol. The van der Waals surface area contributed by atoms with Crippen LogP contribution in [-0.2, 0) is 4.84 Å². The third-order valence-electron chi connectivity index (χ3n) is 1.98. The SMILES string of the molecule is C1=CNC=C(C2CCON2)C=C1. The van der Waals surface area contributed by atoms with Gasteiger partial charge in [-0.15, -0.1) is 0 Å². The van der Waals surface area contributed by atoms with Crippen molar-refractivity contribution in [3.63, 3.8) is 0 Å². The Morgan fingerprint density at radius 2 is 2.42 bits per heavy atom. The summed E-state index contributed by atoms with van der Waals surface area (Å²) in [6.07, 6.45) is 11.0. The molecule has 0 aromatic carbocycles. The average Bonchev–Trinajstić information content (AvgIpc) is 2.48. The number of nitrogens with one attached hydrogen (secondary N) is 2. The highest BCUT2D eigenvalue weighted by Crippen LogP contribution is 2.13. The zero-order valence-electron chi connectivity index (χ0n) is 6.79. The Morgan fingerprint density at radius 1 is 1.42 bits per heavy atom. The van der Waals surface area contributed by atoms with Crippen LogP contribution in [0.25, 0.3) is 0 Å². The van der Waals surface area contributed by atoms with E-state index in [9.17, 15) is 0 Å². The molecule has 2 N–H and O–H groups in total. The highest BCUT2D eigenvalue weighted by molar-refractivity contribution is 5.29. The van der Waals surface area contributed by atoms with Crippen molar-refractivity contribution in [1.82, 2.24) is 10.8 Å². The quantitative estimate of drug-likeness (QED) is 0.602. The Bertz CT molecular complexity index is 237.